The fourth-order valence-electron chi connectivity index (χ4n) is 3.42. The second-order valence-electron chi connectivity index (χ2n) is 7.58. The van der Waals surface area contributed by atoms with Crippen LogP contribution in [0.3, 0.4) is 0 Å². The third-order valence-electron chi connectivity index (χ3n) is 5.19. The Balaban J connectivity index is 1.74. The van der Waals surface area contributed by atoms with Crippen LogP contribution >= 0.6 is 0 Å². The number of rotatable bonds is 5. The molecule has 2 aromatic rings. The standard InChI is InChI=1S/C21H30N6O/c1-16(17-8-6-5-7-9-17)24-21(22-13-20(28)25(2)3)27-11-10-18(15-27)19-12-23-26(4)14-19/h5-9,12,14,16,18H,10-11,13,15H2,1-4H3,(H,22,24). The summed E-state index contributed by atoms with van der Waals surface area (Å²) in [6.07, 6.45) is 5.08. The van der Waals surface area contributed by atoms with Crippen LogP contribution in [0.5, 0.6) is 0 Å². The number of likely N-dealkylation sites (N-methyl/N-ethyl adjacent to an activating group) is 1. The number of guanidine groups is 1. The third kappa shape index (κ3) is 4.91. The van der Waals surface area contributed by atoms with Gasteiger partial charge in [0.05, 0.1) is 12.2 Å². The highest BCUT2D eigenvalue weighted by atomic mass is 16.2. The van der Waals surface area contributed by atoms with Gasteiger partial charge in [-0.05, 0) is 24.5 Å². The van der Waals surface area contributed by atoms with E-state index >= 15 is 0 Å². The Hall–Kier alpha value is -2.83. The quantitative estimate of drug-likeness (QED) is 0.635. The predicted octanol–water partition coefficient (Wildman–Crippen LogP) is 2.00. The smallest absolute Gasteiger partial charge is 0.243 e. The molecule has 1 amide bonds. The van der Waals surface area contributed by atoms with Crippen LogP contribution in [0.2, 0.25) is 0 Å². The summed E-state index contributed by atoms with van der Waals surface area (Å²) in [6.45, 7) is 4.04. The minimum absolute atomic E-state index is 0.00493. The molecule has 0 bridgehead atoms. The number of amides is 1. The van der Waals surface area contributed by atoms with E-state index in [1.807, 2.05) is 36.1 Å². The van der Waals surface area contributed by atoms with Crippen LogP contribution in [0.4, 0.5) is 0 Å². The first-order valence-corrected chi connectivity index (χ1v) is 9.73. The molecule has 7 nitrogen and oxygen atoms in total. The molecule has 0 aliphatic carbocycles. The van der Waals surface area contributed by atoms with E-state index in [4.69, 9.17) is 0 Å². The van der Waals surface area contributed by atoms with Gasteiger partial charge < -0.3 is 15.1 Å². The van der Waals surface area contributed by atoms with E-state index in [2.05, 4.69) is 45.6 Å². The predicted molar refractivity (Wildman–Crippen MR) is 111 cm³/mol. The van der Waals surface area contributed by atoms with Crippen LogP contribution in [0.25, 0.3) is 0 Å². The Morgan fingerprint density at radius 2 is 2.11 bits per heavy atom. The van der Waals surface area contributed by atoms with Crippen molar-refractivity contribution in [2.45, 2.75) is 25.3 Å². The van der Waals surface area contributed by atoms with Crippen molar-refractivity contribution in [1.29, 1.82) is 0 Å². The number of aromatic nitrogens is 2. The Morgan fingerprint density at radius 3 is 2.75 bits per heavy atom. The van der Waals surface area contributed by atoms with Crippen molar-refractivity contribution in [2.75, 3.05) is 33.7 Å². The van der Waals surface area contributed by atoms with Crippen molar-refractivity contribution in [3.8, 4) is 0 Å². The minimum Gasteiger partial charge on any atom is -0.350 e. The average Bonchev–Trinajstić information content (AvgIpc) is 3.34. The van der Waals surface area contributed by atoms with Gasteiger partial charge in [0.2, 0.25) is 5.91 Å². The molecular formula is C21H30N6O. The van der Waals surface area contributed by atoms with Gasteiger partial charge in [0.15, 0.2) is 5.96 Å². The number of nitrogens with one attached hydrogen (secondary N) is 1. The summed E-state index contributed by atoms with van der Waals surface area (Å²) in [5.74, 6) is 1.21. The molecule has 2 atom stereocenters. The van der Waals surface area contributed by atoms with E-state index in [1.165, 1.54) is 11.1 Å². The zero-order valence-corrected chi connectivity index (χ0v) is 17.2. The van der Waals surface area contributed by atoms with Crippen LogP contribution in [-0.2, 0) is 11.8 Å². The molecule has 2 heterocycles. The van der Waals surface area contributed by atoms with E-state index in [0.29, 0.717) is 5.92 Å². The van der Waals surface area contributed by atoms with Gasteiger partial charge in [-0.3, -0.25) is 9.48 Å². The highest BCUT2D eigenvalue weighted by Crippen LogP contribution is 2.27. The zero-order valence-electron chi connectivity index (χ0n) is 17.2. The number of carbonyl (C=O) groups excluding carboxylic acids is 1. The maximum absolute atomic E-state index is 12.1. The Labute approximate surface area is 167 Å². The lowest BCUT2D eigenvalue weighted by Gasteiger charge is -2.26. The first kappa shape index (κ1) is 19.9. The second kappa shape index (κ2) is 8.91. The third-order valence-corrected chi connectivity index (χ3v) is 5.19. The van der Waals surface area contributed by atoms with E-state index in [-0.39, 0.29) is 18.5 Å². The van der Waals surface area contributed by atoms with Gasteiger partial charge >= 0.3 is 0 Å². The lowest BCUT2D eigenvalue weighted by Crippen LogP contribution is -2.42. The van der Waals surface area contributed by atoms with Gasteiger partial charge in [0, 0.05) is 46.3 Å². The molecule has 0 saturated carbocycles. The maximum atomic E-state index is 12.1. The number of aliphatic imine (C=N–C) groups is 1. The summed E-state index contributed by atoms with van der Waals surface area (Å²) in [6, 6.07) is 10.4. The van der Waals surface area contributed by atoms with Crippen LogP contribution < -0.4 is 5.32 Å². The lowest BCUT2D eigenvalue weighted by molar-refractivity contribution is -0.127. The molecule has 2 unspecified atom stereocenters. The first-order valence-electron chi connectivity index (χ1n) is 9.73. The number of benzene rings is 1. The monoisotopic (exact) mass is 382 g/mol. The molecule has 1 aliphatic rings. The molecular weight excluding hydrogens is 352 g/mol. The molecule has 1 saturated heterocycles. The average molecular weight is 383 g/mol. The normalized spacial score (nSPS) is 18.2. The van der Waals surface area contributed by atoms with Crippen molar-refractivity contribution in [2.24, 2.45) is 12.0 Å². The summed E-state index contributed by atoms with van der Waals surface area (Å²) in [4.78, 5) is 20.5. The number of hydrogen-bond donors (Lipinski definition) is 1. The van der Waals surface area contributed by atoms with E-state index < -0.39 is 0 Å². The topological polar surface area (TPSA) is 65.8 Å². The highest BCUT2D eigenvalue weighted by molar-refractivity contribution is 5.85. The molecule has 1 fully saturated rings. The van der Waals surface area contributed by atoms with Gasteiger partial charge in [-0.1, -0.05) is 30.3 Å². The number of nitrogens with zero attached hydrogens (tertiary/aromatic N) is 5. The molecule has 1 aromatic carbocycles. The molecule has 150 valence electrons. The molecule has 0 radical (unpaired) electrons. The van der Waals surface area contributed by atoms with Crippen molar-refractivity contribution in [1.82, 2.24) is 24.9 Å². The van der Waals surface area contributed by atoms with Crippen LogP contribution in [0.1, 0.15) is 36.4 Å². The SMILES string of the molecule is CC(NC(=NCC(=O)N(C)C)N1CCC(c2cnn(C)c2)C1)c1ccccc1. The molecule has 1 N–H and O–H groups in total. The van der Waals surface area contributed by atoms with E-state index in [9.17, 15) is 4.79 Å². The van der Waals surface area contributed by atoms with E-state index in [0.717, 1.165) is 25.5 Å². The van der Waals surface area contributed by atoms with Gasteiger partial charge in [-0.2, -0.15) is 5.10 Å². The van der Waals surface area contributed by atoms with Crippen molar-refractivity contribution in [3.05, 3.63) is 53.9 Å². The summed E-state index contributed by atoms with van der Waals surface area (Å²) in [5, 5.41) is 7.83. The highest BCUT2D eigenvalue weighted by Gasteiger charge is 2.28. The Kier molecular flexibility index (Phi) is 6.34. The summed E-state index contributed by atoms with van der Waals surface area (Å²) >= 11 is 0. The number of aryl methyl sites for hydroxylation is 1. The fraction of sp³-hybridized carbons (Fsp3) is 0.476. The zero-order chi connectivity index (χ0) is 20.1. The van der Waals surface area contributed by atoms with Gasteiger partial charge in [0.1, 0.15) is 6.54 Å². The first-order chi connectivity index (χ1) is 13.4. The molecule has 3 rings (SSSR count). The van der Waals surface area contributed by atoms with Crippen molar-refractivity contribution >= 4 is 11.9 Å². The van der Waals surface area contributed by atoms with Gasteiger partial charge in [-0.15, -0.1) is 0 Å². The van der Waals surface area contributed by atoms with Gasteiger partial charge in [0.25, 0.3) is 0 Å². The molecule has 0 spiro atoms. The number of likely N-dealkylation sites (tertiary alicyclic amines) is 1. The number of carbonyl (C=O) groups is 1. The Morgan fingerprint density at radius 1 is 1.36 bits per heavy atom. The summed E-state index contributed by atoms with van der Waals surface area (Å²) < 4.78 is 1.85. The largest absolute Gasteiger partial charge is 0.350 e. The molecule has 7 heteroatoms. The maximum Gasteiger partial charge on any atom is 0.243 e. The summed E-state index contributed by atoms with van der Waals surface area (Å²) in [5.41, 5.74) is 2.45. The second-order valence-corrected chi connectivity index (χ2v) is 7.58. The number of hydrogen-bond acceptors (Lipinski definition) is 3. The molecule has 1 aromatic heterocycles. The fourth-order valence-corrected chi connectivity index (χ4v) is 3.42. The Bertz CT molecular complexity index is 813. The van der Waals surface area contributed by atoms with Crippen molar-refractivity contribution in [3.63, 3.8) is 0 Å². The lowest BCUT2D eigenvalue weighted by atomic mass is 10.0. The summed E-state index contributed by atoms with van der Waals surface area (Å²) in [7, 11) is 5.46. The molecule has 1 aliphatic heterocycles. The van der Waals surface area contributed by atoms with Crippen molar-refractivity contribution < 1.29 is 4.79 Å². The van der Waals surface area contributed by atoms with Crippen LogP contribution in [0, 0.1) is 0 Å². The minimum atomic E-state index is -0.00493. The van der Waals surface area contributed by atoms with Gasteiger partial charge in [-0.25, -0.2) is 4.99 Å². The van der Waals surface area contributed by atoms with Crippen LogP contribution in [0.15, 0.2) is 47.7 Å². The van der Waals surface area contributed by atoms with E-state index in [1.54, 1.807) is 19.0 Å². The molecule has 28 heavy (non-hydrogen) atoms. The van der Waals surface area contributed by atoms with Crippen LogP contribution in [-0.4, -0.2) is 65.2 Å².